The van der Waals surface area contributed by atoms with Gasteiger partial charge in [-0.25, -0.2) is 9.59 Å². The summed E-state index contributed by atoms with van der Waals surface area (Å²) in [4.78, 5) is 39.4. The number of hydrogen-bond acceptors (Lipinski definition) is 6. The fourth-order valence-corrected chi connectivity index (χ4v) is 3.99. The number of likely N-dealkylation sites (N-methyl/N-ethyl adjacent to an activating group) is 1. The number of carbonyl (C=O) groups excluding carboxylic acids is 1. The van der Waals surface area contributed by atoms with E-state index < -0.39 is 24.3 Å². The SMILES string of the molecule is CCN(CC)[C@@H]1CN(C(=O)Cc2ccccn2)[C@@H]2CCCO[C@H]12.O=C(O)C(F)(F)F.O=C(O)C(F)(F)F. The van der Waals surface area contributed by atoms with Gasteiger partial charge in [-0.15, -0.1) is 0 Å². The van der Waals surface area contributed by atoms with Crippen molar-refractivity contribution in [2.75, 3.05) is 26.2 Å². The Morgan fingerprint density at radius 3 is 2.03 bits per heavy atom. The second-order valence-corrected chi connectivity index (χ2v) is 7.98. The molecule has 2 saturated heterocycles. The molecule has 15 heteroatoms. The van der Waals surface area contributed by atoms with E-state index in [0.29, 0.717) is 12.5 Å². The summed E-state index contributed by atoms with van der Waals surface area (Å²) in [5.74, 6) is -5.33. The monoisotopic (exact) mass is 545 g/mol. The van der Waals surface area contributed by atoms with Crippen LogP contribution in [-0.4, -0.2) is 99.6 Å². The van der Waals surface area contributed by atoms with Gasteiger partial charge in [0, 0.05) is 25.0 Å². The number of halogens is 6. The molecule has 1 aromatic rings. The smallest absolute Gasteiger partial charge is 0.475 e. The maximum atomic E-state index is 12.8. The molecule has 9 nitrogen and oxygen atoms in total. The number of carboxylic acids is 2. The highest BCUT2D eigenvalue weighted by Crippen LogP contribution is 2.32. The van der Waals surface area contributed by atoms with Crippen LogP contribution in [0.1, 0.15) is 32.4 Å². The number of likely N-dealkylation sites (tertiary alicyclic amines) is 1. The molecule has 3 heterocycles. The van der Waals surface area contributed by atoms with Crippen LogP contribution in [0.25, 0.3) is 0 Å². The molecule has 0 spiro atoms. The number of pyridine rings is 1. The minimum atomic E-state index is -5.08. The molecular weight excluding hydrogens is 516 g/mol. The summed E-state index contributed by atoms with van der Waals surface area (Å²) in [5.41, 5.74) is 0.845. The van der Waals surface area contributed by atoms with E-state index in [-0.39, 0.29) is 18.1 Å². The lowest BCUT2D eigenvalue weighted by atomic mass is 10.00. The van der Waals surface area contributed by atoms with Gasteiger partial charge in [0.05, 0.1) is 24.6 Å². The van der Waals surface area contributed by atoms with Crippen molar-refractivity contribution < 1.29 is 55.7 Å². The molecule has 2 N–H and O–H groups in total. The lowest BCUT2D eigenvalue weighted by Gasteiger charge is -2.35. The molecule has 2 aliphatic heterocycles. The number of aliphatic carboxylic acids is 2. The van der Waals surface area contributed by atoms with Crippen LogP contribution in [0.5, 0.6) is 0 Å². The number of amides is 1. The quantitative estimate of drug-likeness (QED) is 0.542. The average Bonchev–Trinajstić information content (AvgIpc) is 3.20. The number of alkyl halides is 6. The molecule has 3 atom stereocenters. The van der Waals surface area contributed by atoms with Crippen molar-refractivity contribution in [3.05, 3.63) is 30.1 Å². The van der Waals surface area contributed by atoms with Crippen LogP contribution in [0.2, 0.25) is 0 Å². The number of hydrogen-bond donors (Lipinski definition) is 2. The molecule has 2 fully saturated rings. The van der Waals surface area contributed by atoms with Gasteiger partial charge in [0.2, 0.25) is 5.91 Å². The third-order valence-corrected chi connectivity index (χ3v) is 5.64. The van der Waals surface area contributed by atoms with Crippen LogP contribution in [0.4, 0.5) is 26.3 Å². The van der Waals surface area contributed by atoms with Crippen LogP contribution < -0.4 is 0 Å². The predicted octanol–water partition coefficient (Wildman–Crippen LogP) is 2.99. The molecule has 0 aromatic carbocycles. The average molecular weight is 545 g/mol. The molecule has 3 rings (SSSR count). The van der Waals surface area contributed by atoms with Crippen molar-refractivity contribution in [1.29, 1.82) is 0 Å². The summed E-state index contributed by atoms with van der Waals surface area (Å²) in [6.07, 6.45) is -5.78. The van der Waals surface area contributed by atoms with E-state index in [1.54, 1.807) is 6.20 Å². The maximum Gasteiger partial charge on any atom is 0.490 e. The lowest BCUT2D eigenvalue weighted by molar-refractivity contribution is -0.193. The third kappa shape index (κ3) is 10.1. The van der Waals surface area contributed by atoms with E-state index in [1.807, 2.05) is 18.2 Å². The number of carbonyl (C=O) groups is 3. The second-order valence-electron chi connectivity index (χ2n) is 7.98. The summed E-state index contributed by atoms with van der Waals surface area (Å²) in [7, 11) is 0. The molecule has 37 heavy (non-hydrogen) atoms. The van der Waals surface area contributed by atoms with Gasteiger partial charge in [0.1, 0.15) is 0 Å². The topological polar surface area (TPSA) is 120 Å². The fraction of sp³-hybridized carbons (Fsp3) is 0.636. The Bertz CT molecular complexity index is 856. The highest BCUT2D eigenvalue weighted by Gasteiger charge is 2.47. The van der Waals surface area contributed by atoms with Crippen molar-refractivity contribution in [2.45, 2.75) is 63.7 Å². The molecule has 1 amide bonds. The van der Waals surface area contributed by atoms with Crippen LogP contribution >= 0.6 is 0 Å². The number of rotatable bonds is 5. The molecule has 0 unspecified atom stereocenters. The molecule has 0 saturated carbocycles. The van der Waals surface area contributed by atoms with Gasteiger partial charge in [-0.05, 0) is 38.1 Å². The maximum absolute atomic E-state index is 12.8. The van der Waals surface area contributed by atoms with E-state index in [1.165, 1.54) is 0 Å². The minimum Gasteiger partial charge on any atom is -0.475 e. The first-order chi connectivity index (χ1) is 17.1. The number of carboxylic acid groups (broad SMARTS) is 2. The highest BCUT2D eigenvalue weighted by atomic mass is 19.4. The highest BCUT2D eigenvalue weighted by molar-refractivity contribution is 5.79. The van der Waals surface area contributed by atoms with Crippen molar-refractivity contribution in [3.8, 4) is 0 Å². The summed E-state index contributed by atoms with van der Waals surface area (Å²) in [6, 6.07) is 6.29. The summed E-state index contributed by atoms with van der Waals surface area (Å²) in [5, 5.41) is 14.2. The van der Waals surface area contributed by atoms with Crippen molar-refractivity contribution in [3.63, 3.8) is 0 Å². The van der Waals surface area contributed by atoms with Crippen LogP contribution in [0.15, 0.2) is 24.4 Å². The molecule has 210 valence electrons. The van der Waals surface area contributed by atoms with Gasteiger partial charge in [-0.3, -0.25) is 14.7 Å². The number of nitrogens with zero attached hydrogens (tertiary/aromatic N) is 3. The molecular formula is C22H29F6N3O6. The van der Waals surface area contributed by atoms with Crippen molar-refractivity contribution in [2.24, 2.45) is 0 Å². The van der Waals surface area contributed by atoms with Gasteiger partial charge in [0.25, 0.3) is 0 Å². The Labute approximate surface area is 209 Å². The van der Waals surface area contributed by atoms with Gasteiger partial charge < -0.3 is 19.8 Å². The summed E-state index contributed by atoms with van der Waals surface area (Å²) < 4.78 is 69.6. The number of ether oxygens (including phenoxy) is 1. The van der Waals surface area contributed by atoms with E-state index in [4.69, 9.17) is 24.5 Å². The zero-order valence-electron chi connectivity index (χ0n) is 20.1. The van der Waals surface area contributed by atoms with Gasteiger partial charge in [-0.1, -0.05) is 19.9 Å². The Kier molecular flexibility index (Phi) is 12.2. The van der Waals surface area contributed by atoms with Crippen molar-refractivity contribution >= 4 is 17.8 Å². The zero-order chi connectivity index (χ0) is 28.4. The van der Waals surface area contributed by atoms with E-state index in [0.717, 1.165) is 44.8 Å². The first-order valence-corrected chi connectivity index (χ1v) is 11.3. The number of fused-ring (bicyclic) bond motifs is 1. The van der Waals surface area contributed by atoms with Crippen LogP contribution in [-0.2, 0) is 25.5 Å². The van der Waals surface area contributed by atoms with E-state index in [9.17, 15) is 31.1 Å². The summed E-state index contributed by atoms with van der Waals surface area (Å²) in [6.45, 7) is 7.95. The Morgan fingerprint density at radius 1 is 1.05 bits per heavy atom. The molecule has 0 radical (unpaired) electrons. The zero-order valence-corrected chi connectivity index (χ0v) is 20.1. The van der Waals surface area contributed by atoms with E-state index in [2.05, 4.69) is 28.6 Å². The largest absolute Gasteiger partial charge is 0.490 e. The molecule has 2 aliphatic rings. The first kappa shape index (κ1) is 32.1. The molecule has 0 aliphatic carbocycles. The first-order valence-electron chi connectivity index (χ1n) is 11.3. The fourth-order valence-electron chi connectivity index (χ4n) is 3.99. The Balaban J connectivity index is 0.000000404. The normalized spacial score (nSPS) is 21.2. The molecule has 1 aromatic heterocycles. The molecule has 0 bridgehead atoms. The summed E-state index contributed by atoms with van der Waals surface area (Å²) >= 11 is 0. The van der Waals surface area contributed by atoms with Crippen LogP contribution in [0, 0.1) is 0 Å². The third-order valence-electron chi connectivity index (χ3n) is 5.64. The standard InChI is InChI=1S/C18H27N3O2.2C2HF3O2/c1-3-20(4-2)16-13-21(15-9-7-11-23-18(15)16)17(22)12-14-8-5-6-10-19-14;2*3-2(4,5)1(6)7/h5-6,8,10,15-16,18H,3-4,7,9,11-13H2,1-2H3;2*(H,6,7)/t15-,16-,18+;;/m1../s1. The van der Waals surface area contributed by atoms with E-state index >= 15 is 0 Å². The Morgan fingerprint density at radius 2 is 1.59 bits per heavy atom. The van der Waals surface area contributed by atoms with Gasteiger partial charge >= 0.3 is 24.3 Å². The number of aromatic nitrogens is 1. The van der Waals surface area contributed by atoms with Crippen LogP contribution in [0.3, 0.4) is 0 Å². The second kappa shape index (κ2) is 14.1. The van der Waals surface area contributed by atoms with Gasteiger partial charge in [0.15, 0.2) is 0 Å². The van der Waals surface area contributed by atoms with Crippen molar-refractivity contribution in [1.82, 2.24) is 14.8 Å². The van der Waals surface area contributed by atoms with Gasteiger partial charge in [-0.2, -0.15) is 26.3 Å². The Hall–Kier alpha value is -2.94. The minimum absolute atomic E-state index is 0.163. The predicted molar refractivity (Wildman–Crippen MR) is 117 cm³/mol. The lowest BCUT2D eigenvalue weighted by Crippen LogP contribution is -2.48.